The fraction of sp³-hybridized carbons (Fsp3) is 0.526. The zero-order valence-electron chi connectivity index (χ0n) is 16.2. The van der Waals surface area contributed by atoms with E-state index in [0.717, 1.165) is 24.6 Å². The van der Waals surface area contributed by atoms with E-state index in [9.17, 15) is 9.59 Å². The van der Waals surface area contributed by atoms with Gasteiger partial charge in [-0.25, -0.2) is 4.99 Å². The van der Waals surface area contributed by atoms with E-state index in [2.05, 4.69) is 39.3 Å². The normalized spacial score (nSPS) is 24.2. The van der Waals surface area contributed by atoms with Crippen LogP contribution in [0.25, 0.3) is 0 Å². The summed E-state index contributed by atoms with van der Waals surface area (Å²) < 4.78 is 0. The smallest absolute Gasteiger partial charge is 0.251 e. The number of piperazine rings is 1. The minimum Gasteiger partial charge on any atom is -0.356 e. The van der Waals surface area contributed by atoms with Crippen molar-refractivity contribution in [3.8, 4) is 0 Å². The van der Waals surface area contributed by atoms with Crippen molar-refractivity contribution in [1.29, 1.82) is 0 Å². The van der Waals surface area contributed by atoms with Crippen LogP contribution in [0.15, 0.2) is 41.4 Å². The number of carbonyl (C=O) groups is 2. The Kier molecular flexibility index (Phi) is 5.53. The van der Waals surface area contributed by atoms with Gasteiger partial charge in [-0.2, -0.15) is 0 Å². The van der Waals surface area contributed by atoms with Crippen LogP contribution in [0.4, 0.5) is 0 Å². The third-order valence-electron chi connectivity index (χ3n) is 5.01. The summed E-state index contributed by atoms with van der Waals surface area (Å²) in [5.74, 6) is 1.47. The third-order valence-corrected chi connectivity index (χ3v) is 5.01. The molecule has 146 valence electrons. The number of hydrogen-bond acceptors (Lipinski definition) is 6. The largest absolute Gasteiger partial charge is 0.356 e. The van der Waals surface area contributed by atoms with Crippen LogP contribution in [0, 0.1) is 0 Å². The van der Waals surface area contributed by atoms with Crippen LogP contribution >= 0.6 is 0 Å². The molecular weight excluding hydrogens is 344 g/mol. The van der Waals surface area contributed by atoms with Crippen molar-refractivity contribution in [3.63, 3.8) is 0 Å². The summed E-state index contributed by atoms with van der Waals surface area (Å²) in [6.45, 7) is 11.6. The summed E-state index contributed by atoms with van der Waals surface area (Å²) in [6, 6.07) is -0.0891. The van der Waals surface area contributed by atoms with Crippen molar-refractivity contribution in [1.82, 2.24) is 25.8 Å². The Hall–Kier alpha value is -2.77. The van der Waals surface area contributed by atoms with Crippen molar-refractivity contribution in [2.75, 3.05) is 19.6 Å². The first kappa shape index (κ1) is 19.0. The van der Waals surface area contributed by atoms with Gasteiger partial charge in [-0.05, 0) is 26.3 Å². The zero-order valence-corrected chi connectivity index (χ0v) is 16.2. The van der Waals surface area contributed by atoms with Gasteiger partial charge in [0.25, 0.3) is 5.91 Å². The van der Waals surface area contributed by atoms with E-state index in [1.54, 1.807) is 12.4 Å². The summed E-state index contributed by atoms with van der Waals surface area (Å²) in [4.78, 5) is 33.1. The first-order valence-corrected chi connectivity index (χ1v) is 9.44. The predicted molar refractivity (Wildman–Crippen MR) is 105 cm³/mol. The van der Waals surface area contributed by atoms with Crippen LogP contribution in [0.3, 0.4) is 0 Å². The monoisotopic (exact) mass is 372 g/mol. The van der Waals surface area contributed by atoms with E-state index in [-0.39, 0.29) is 29.9 Å². The molecule has 2 amide bonds. The first-order valence-electron chi connectivity index (χ1n) is 9.44. The van der Waals surface area contributed by atoms with Gasteiger partial charge in [0.05, 0.1) is 11.8 Å². The molecule has 8 nitrogen and oxygen atoms in total. The molecule has 0 bridgehead atoms. The fourth-order valence-electron chi connectivity index (χ4n) is 3.59. The predicted octanol–water partition coefficient (Wildman–Crippen LogP) is 0.276. The van der Waals surface area contributed by atoms with Gasteiger partial charge in [0.15, 0.2) is 0 Å². The van der Waals surface area contributed by atoms with E-state index in [1.165, 1.54) is 6.08 Å². The molecule has 0 spiro atoms. The van der Waals surface area contributed by atoms with Crippen LogP contribution in [-0.2, 0) is 9.59 Å². The van der Waals surface area contributed by atoms with Crippen LogP contribution < -0.4 is 16.0 Å². The van der Waals surface area contributed by atoms with Crippen molar-refractivity contribution in [2.24, 2.45) is 4.99 Å². The minimum atomic E-state index is -0.281. The van der Waals surface area contributed by atoms with Crippen LogP contribution in [0.1, 0.15) is 27.2 Å². The van der Waals surface area contributed by atoms with E-state index in [0.29, 0.717) is 18.7 Å². The number of nitrogens with zero attached hydrogens (tertiary/aromatic N) is 3. The highest BCUT2D eigenvalue weighted by atomic mass is 16.2. The molecule has 0 saturated carbocycles. The summed E-state index contributed by atoms with van der Waals surface area (Å²) in [6.07, 6.45) is 5.74. The van der Waals surface area contributed by atoms with Crippen molar-refractivity contribution < 1.29 is 9.59 Å². The average molecular weight is 372 g/mol. The van der Waals surface area contributed by atoms with Gasteiger partial charge in [0.1, 0.15) is 17.7 Å². The number of aliphatic imine (C=N–C) groups is 1. The molecule has 8 heteroatoms. The highest BCUT2D eigenvalue weighted by Gasteiger charge is 2.36. The molecule has 1 saturated heterocycles. The number of nitrogens with one attached hydrogen (secondary N) is 3. The standard InChI is InChI=1S/C19H28N6O2/c1-5-13-11-24(7-8-25(13)16(26)6-2)15-10-21-18-17(23-15)14(9-20-18)19(27)22-12(3)4/h6,9-10,12-13,17,23H,2,5,7-8,11H2,1,3-4H3,(H,20,21)(H,22,27)/t13-,17?/m0/s1. The summed E-state index contributed by atoms with van der Waals surface area (Å²) >= 11 is 0. The Labute approximate surface area is 160 Å². The molecule has 27 heavy (non-hydrogen) atoms. The molecular formula is C19H28N6O2. The molecule has 0 aliphatic carbocycles. The lowest BCUT2D eigenvalue weighted by molar-refractivity contribution is -0.130. The quantitative estimate of drug-likeness (QED) is 0.603. The SMILES string of the molecule is C=CC(=O)N1CCN(C2=CN=C3NC=C(C(=O)NC(C)C)C3N2)C[C@@H]1CC. The number of rotatable bonds is 5. The Morgan fingerprint density at radius 2 is 2.22 bits per heavy atom. The first-order chi connectivity index (χ1) is 12.9. The second kappa shape index (κ2) is 7.85. The summed E-state index contributed by atoms with van der Waals surface area (Å²) in [5.41, 5.74) is 0.626. The molecule has 0 aromatic heterocycles. The molecule has 0 aromatic rings. The topological polar surface area (TPSA) is 89.1 Å². The molecule has 1 unspecified atom stereocenters. The third kappa shape index (κ3) is 3.84. The maximum atomic E-state index is 12.4. The van der Waals surface area contributed by atoms with Gasteiger partial charge in [0, 0.05) is 37.9 Å². The lowest BCUT2D eigenvalue weighted by Gasteiger charge is -2.43. The van der Waals surface area contributed by atoms with Gasteiger partial charge >= 0.3 is 0 Å². The minimum absolute atomic E-state index is 0.0250. The molecule has 0 radical (unpaired) electrons. The van der Waals surface area contributed by atoms with Gasteiger partial charge in [-0.3, -0.25) is 9.59 Å². The molecule has 3 aliphatic rings. The second-order valence-corrected chi connectivity index (χ2v) is 7.22. The van der Waals surface area contributed by atoms with E-state index >= 15 is 0 Å². The lowest BCUT2D eigenvalue weighted by atomic mass is 10.1. The van der Waals surface area contributed by atoms with Gasteiger partial charge in [-0.15, -0.1) is 0 Å². The van der Waals surface area contributed by atoms with Crippen molar-refractivity contribution >= 4 is 17.6 Å². The van der Waals surface area contributed by atoms with Crippen molar-refractivity contribution in [2.45, 2.75) is 45.3 Å². The Balaban J connectivity index is 1.69. The Bertz CT molecular complexity index is 724. The molecule has 3 aliphatic heterocycles. The van der Waals surface area contributed by atoms with E-state index in [1.807, 2.05) is 18.7 Å². The molecule has 3 N–H and O–H groups in total. The van der Waals surface area contributed by atoms with Gasteiger partial charge in [0.2, 0.25) is 5.91 Å². The van der Waals surface area contributed by atoms with Crippen LogP contribution in [0.2, 0.25) is 0 Å². The number of carbonyl (C=O) groups excluding carboxylic acids is 2. The van der Waals surface area contributed by atoms with Gasteiger partial charge < -0.3 is 25.8 Å². The van der Waals surface area contributed by atoms with E-state index in [4.69, 9.17) is 0 Å². The number of amidine groups is 1. The second-order valence-electron chi connectivity index (χ2n) is 7.22. The summed E-state index contributed by atoms with van der Waals surface area (Å²) in [5, 5.41) is 9.43. The van der Waals surface area contributed by atoms with Crippen LogP contribution in [-0.4, -0.2) is 65.2 Å². The molecule has 0 aromatic carbocycles. The number of amides is 2. The lowest BCUT2D eigenvalue weighted by Crippen LogP contribution is -2.57. The number of fused-ring (bicyclic) bond motifs is 1. The zero-order chi connectivity index (χ0) is 19.6. The summed E-state index contributed by atoms with van der Waals surface area (Å²) in [7, 11) is 0. The average Bonchev–Trinajstić information content (AvgIpc) is 3.09. The maximum absolute atomic E-state index is 12.4. The highest BCUT2D eigenvalue weighted by Crippen LogP contribution is 2.21. The molecule has 2 atom stereocenters. The van der Waals surface area contributed by atoms with Crippen molar-refractivity contribution in [3.05, 3.63) is 36.4 Å². The van der Waals surface area contributed by atoms with Crippen LogP contribution in [0.5, 0.6) is 0 Å². The van der Waals surface area contributed by atoms with E-state index < -0.39 is 0 Å². The van der Waals surface area contributed by atoms with Gasteiger partial charge in [-0.1, -0.05) is 13.5 Å². The molecule has 3 rings (SSSR count). The number of hydrogen-bond donors (Lipinski definition) is 3. The highest BCUT2D eigenvalue weighted by molar-refractivity contribution is 6.08. The Morgan fingerprint density at radius 3 is 2.89 bits per heavy atom. The molecule has 1 fully saturated rings. The maximum Gasteiger partial charge on any atom is 0.251 e. The molecule has 3 heterocycles. The fourth-order valence-corrected chi connectivity index (χ4v) is 3.59. The Morgan fingerprint density at radius 1 is 1.44 bits per heavy atom.